The van der Waals surface area contributed by atoms with Crippen LogP contribution in [0.25, 0.3) is 0 Å². The molecule has 1 amide bonds. The van der Waals surface area contributed by atoms with Crippen LogP contribution in [0.5, 0.6) is 0 Å². The van der Waals surface area contributed by atoms with Gasteiger partial charge in [-0.1, -0.05) is 30.3 Å². The second-order valence-electron chi connectivity index (χ2n) is 8.49. The number of nitrogens with zero attached hydrogens (tertiary/aromatic N) is 2. The van der Waals surface area contributed by atoms with Gasteiger partial charge in [-0.05, 0) is 49.4 Å². The number of hydrogen-bond acceptors (Lipinski definition) is 3. The fraction of sp³-hybridized carbons (Fsp3) is 0.360. The third-order valence-electron chi connectivity index (χ3n) is 6.10. The van der Waals surface area contributed by atoms with Crippen LogP contribution in [0.3, 0.4) is 0 Å². The van der Waals surface area contributed by atoms with Crippen LogP contribution in [0.15, 0.2) is 53.9 Å². The summed E-state index contributed by atoms with van der Waals surface area (Å²) in [6, 6.07) is 11.0. The molecule has 10 heteroatoms. The van der Waals surface area contributed by atoms with E-state index in [4.69, 9.17) is 4.98 Å². The average molecular weight is 513 g/mol. The van der Waals surface area contributed by atoms with E-state index in [1.54, 1.807) is 0 Å². The molecule has 0 N–H and O–H groups in total. The number of rotatable bonds is 5. The number of aryl methyl sites for hydroxylation is 2. The fourth-order valence-corrected chi connectivity index (χ4v) is 5.21. The molecule has 0 radical (unpaired) electrons. The highest BCUT2D eigenvalue weighted by Gasteiger charge is 2.40. The van der Waals surface area contributed by atoms with E-state index in [0.717, 1.165) is 23.5 Å². The highest BCUT2D eigenvalue weighted by atomic mass is 32.1. The van der Waals surface area contributed by atoms with Crippen molar-refractivity contribution in [1.29, 1.82) is 0 Å². The number of likely N-dealkylation sites (tertiary alicyclic amines) is 1. The molecule has 4 rings (SSSR count). The molecule has 0 aliphatic carbocycles. The molecule has 0 atom stereocenters. The molecule has 1 aliphatic heterocycles. The van der Waals surface area contributed by atoms with Crippen molar-refractivity contribution >= 4 is 17.2 Å². The van der Waals surface area contributed by atoms with Crippen molar-refractivity contribution in [3.05, 3.63) is 86.9 Å². The number of thiazole rings is 1. The summed E-state index contributed by atoms with van der Waals surface area (Å²) < 4.78 is 79.5. The minimum absolute atomic E-state index is 0.0538. The van der Waals surface area contributed by atoms with E-state index in [9.17, 15) is 31.1 Å². The van der Waals surface area contributed by atoms with Gasteiger partial charge in [0.15, 0.2) is 0 Å². The zero-order chi connectivity index (χ0) is 25.2. The number of carbonyl (C=O) groups excluding carboxylic acids is 1. The van der Waals surface area contributed by atoms with E-state index in [-0.39, 0.29) is 19.0 Å². The molecule has 1 fully saturated rings. The number of piperidine rings is 1. The van der Waals surface area contributed by atoms with Crippen LogP contribution in [0.1, 0.15) is 56.5 Å². The predicted molar refractivity (Wildman–Crippen MR) is 120 cm³/mol. The van der Waals surface area contributed by atoms with Gasteiger partial charge >= 0.3 is 12.4 Å². The molecule has 2 aromatic carbocycles. The van der Waals surface area contributed by atoms with E-state index in [1.165, 1.54) is 21.8 Å². The van der Waals surface area contributed by atoms with Crippen LogP contribution in [0, 0.1) is 0 Å². The second-order valence-corrected chi connectivity index (χ2v) is 9.37. The monoisotopic (exact) mass is 512 g/mol. The molecule has 186 valence electrons. The summed E-state index contributed by atoms with van der Waals surface area (Å²) in [6.45, 7) is 0.298. The van der Waals surface area contributed by atoms with Gasteiger partial charge < -0.3 is 4.90 Å². The molecule has 1 aromatic heterocycles. The zero-order valence-corrected chi connectivity index (χ0v) is 19.3. The van der Waals surface area contributed by atoms with Crippen LogP contribution < -0.4 is 0 Å². The summed E-state index contributed by atoms with van der Waals surface area (Å²) in [5, 5.41) is 2.91. The normalized spacial score (nSPS) is 15.4. The second kappa shape index (κ2) is 10.0. The van der Waals surface area contributed by atoms with Crippen molar-refractivity contribution < 1.29 is 31.1 Å². The van der Waals surface area contributed by atoms with Gasteiger partial charge in [0.25, 0.3) is 5.91 Å². The standard InChI is InChI=1S/C25H22F6N2OS/c26-24(27,28)18-7-9-21(25(29,30)31)20(14-18)23(34)33-12-10-17(11-13-33)22-32-19(15-35-22)8-6-16-4-2-1-3-5-16/h1-5,7,9,14-15,17H,6,8,10-13H2. The molecule has 1 aliphatic rings. The number of alkyl halides is 6. The minimum atomic E-state index is -4.94. The first-order valence-electron chi connectivity index (χ1n) is 11.1. The summed E-state index contributed by atoms with van der Waals surface area (Å²) in [5.74, 6) is -0.984. The lowest BCUT2D eigenvalue weighted by Gasteiger charge is -2.32. The highest BCUT2D eigenvalue weighted by Crippen LogP contribution is 2.38. The summed E-state index contributed by atoms with van der Waals surface area (Å²) in [6.07, 6.45) is -7.18. The topological polar surface area (TPSA) is 33.2 Å². The van der Waals surface area contributed by atoms with Gasteiger partial charge in [0.05, 0.1) is 27.4 Å². The Hall–Kier alpha value is -2.88. The molecule has 35 heavy (non-hydrogen) atoms. The van der Waals surface area contributed by atoms with Crippen LogP contribution in [0.4, 0.5) is 26.3 Å². The first-order chi connectivity index (χ1) is 16.5. The Labute approximate surface area is 202 Å². The highest BCUT2D eigenvalue weighted by molar-refractivity contribution is 7.09. The van der Waals surface area contributed by atoms with Crippen molar-refractivity contribution in [3.63, 3.8) is 0 Å². The Kier molecular flexibility index (Phi) is 7.21. The maximum absolute atomic E-state index is 13.4. The van der Waals surface area contributed by atoms with Crippen molar-refractivity contribution in [3.8, 4) is 0 Å². The molecule has 1 saturated heterocycles. The van der Waals surface area contributed by atoms with Crippen molar-refractivity contribution in [2.24, 2.45) is 0 Å². The first-order valence-corrected chi connectivity index (χ1v) is 12.0. The molecule has 3 aromatic rings. The number of halogens is 6. The van der Waals surface area contributed by atoms with E-state index in [1.807, 2.05) is 23.6 Å². The lowest BCUT2D eigenvalue weighted by Crippen LogP contribution is -2.39. The van der Waals surface area contributed by atoms with Crippen molar-refractivity contribution in [2.45, 2.75) is 44.0 Å². The SMILES string of the molecule is O=C(c1cc(C(F)(F)F)ccc1C(F)(F)F)N1CCC(c2nc(CCc3ccccc3)cs2)CC1. The summed E-state index contributed by atoms with van der Waals surface area (Å²) >= 11 is 1.52. The quantitative estimate of drug-likeness (QED) is 0.346. The Morgan fingerprint density at radius 1 is 0.943 bits per heavy atom. The Balaban J connectivity index is 1.42. The zero-order valence-electron chi connectivity index (χ0n) is 18.5. The van der Waals surface area contributed by atoms with Crippen LogP contribution >= 0.6 is 11.3 Å². The third kappa shape index (κ3) is 6.04. The fourth-order valence-electron chi connectivity index (χ4n) is 4.19. The molecule has 0 spiro atoms. The van der Waals surface area contributed by atoms with Crippen LogP contribution in [-0.4, -0.2) is 28.9 Å². The maximum atomic E-state index is 13.4. The van der Waals surface area contributed by atoms with E-state index >= 15 is 0 Å². The summed E-state index contributed by atoms with van der Waals surface area (Å²) in [4.78, 5) is 18.8. The molecule has 2 heterocycles. The smallest absolute Gasteiger partial charge is 0.339 e. The molecular weight excluding hydrogens is 490 g/mol. The van der Waals surface area contributed by atoms with Gasteiger partial charge in [-0.3, -0.25) is 4.79 Å². The number of aromatic nitrogens is 1. The molecule has 0 saturated carbocycles. The number of carbonyl (C=O) groups is 1. The van der Waals surface area contributed by atoms with E-state index < -0.39 is 35.0 Å². The van der Waals surface area contributed by atoms with Gasteiger partial charge in [-0.2, -0.15) is 26.3 Å². The molecule has 0 unspecified atom stereocenters. The average Bonchev–Trinajstić information content (AvgIpc) is 3.31. The minimum Gasteiger partial charge on any atom is -0.339 e. The summed E-state index contributed by atoms with van der Waals surface area (Å²) in [5.41, 5.74) is -1.44. The van der Waals surface area contributed by atoms with Crippen LogP contribution in [-0.2, 0) is 25.2 Å². The molecule has 3 nitrogen and oxygen atoms in total. The predicted octanol–water partition coefficient (Wildman–Crippen LogP) is 6.99. The van der Waals surface area contributed by atoms with E-state index in [0.29, 0.717) is 31.0 Å². The largest absolute Gasteiger partial charge is 0.417 e. The van der Waals surface area contributed by atoms with Crippen LogP contribution in [0.2, 0.25) is 0 Å². The first kappa shape index (κ1) is 25.2. The van der Waals surface area contributed by atoms with Gasteiger partial charge in [0.2, 0.25) is 0 Å². The number of hydrogen-bond donors (Lipinski definition) is 0. The molecular formula is C25H22F6N2OS. The molecule has 0 bridgehead atoms. The lowest BCUT2D eigenvalue weighted by molar-refractivity contribution is -0.141. The number of benzene rings is 2. The van der Waals surface area contributed by atoms with Crippen molar-refractivity contribution in [2.75, 3.05) is 13.1 Å². The van der Waals surface area contributed by atoms with E-state index in [2.05, 4.69) is 12.1 Å². The number of amides is 1. The van der Waals surface area contributed by atoms with Gasteiger partial charge in [0.1, 0.15) is 0 Å². The maximum Gasteiger partial charge on any atom is 0.417 e. The Morgan fingerprint density at radius 2 is 1.63 bits per heavy atom. The lowest BCUT2D eigenvalue weighted by atomic mass is 9.95. The van der Waals surface area contributed by atoms with Gasteiger partial charge in [-0.15, -0.1) is 11.3 Å². The van der Waals surface area contributed by atoms with Crippen molar-refractivity contribution in [1.82, 2.24) is 9.88 Å². The van der Waals surface area contributed by atoms with Gasteiger partial charge in [0, 0.05) is 24.4 Å². The van der Waals surface area contributed by atoms with Gasteiger partial charge in [-0.25, -0.2) is 4.98 Å². The third-order valence-corrected chi connectivity index (χ3v) is 7.15. The Bertz CT molecular complexity index is 1160. The Morgan fingerprint density at radius 3 is 2.26 bits per heavy atom. The summed E-state index contributed by atoms with van der Waals surface area (Å²) in [7, 11) is 0.